The molecule has 0 spiro atoms. The molecule has 2 aromatic carbocycles. The molecule has 1 saturated heterocycles. The van der Waals surface area contributed by atoms with E-state index < -0.39 is 6.10 Å². The second kappa shape index (κ2) is 10.2. The average molecular weight is 483 g/mol. The van der Waals surface area contributed by atoms with Gasteiger partial charge in [0.05, 0.1) is 21.8 Å². The van der Waals surface area contributed by atoms with Gasteiger partial charge in [-0.15, -0.1) is 11.3 Å². The molecule has 1 aliphatic heterocycles. The van der Waals surface area contributed by atoms with Gasteiger partial charge >= 0.3 is 0 Å². The van der Waals surface area contributed by atoms with Crippen LogP contribution in [0.25, 0.3) is 21.5 Å². The number of β-amino-alcohol motifs (C(OH)–C–C–N with tert-alkyl or cyclic N) is 1. The minimum atomic E-state index is -0.563. The van der Waals surface area contributed by atoms with Gasteiger partial charge < -0.3 is 14.4 Å². The fraction of sp³-hybridized carbons (Fsp3) is 0.360. The molecule has 0 aliphatic carbocycles. The molecule has 2 aromatic heterocycles. The molecule has 1 N–H and O–H groups in total. The second-order valence-electron chi connectivity index (χ2n) is 8.59. The van der Waals surface area contributed by atoms with E-state index in [1.807, 2.05) is 31.2 Å². The maximum absolute atomic E-state index is 13.1. The summed E-state index contributed by atoms with van der Waals surface area (Å²) in [4.78, 5) is 9.05. The summed E-state index contributed by atoms with van der Waals surface area (Å²) in [6.45, 7) is 6.96. The first-order chi connectivity index (χ1) is 16.5. The fourth-order valence-corrected chi connectivity index (χ4v) is 4.96. The van der Waals surface area contributed by atoms with E-state index in [1.54, 1.807) is 23.5 Å². The Morgan fingerprint density at radius 3 is 2.65 bits per heavy atom. The van der Waals surface area contributed by atoms with Gasteiger partial charge in [0.2, 0.25) is 0 Å². The number of aliphatic hydroxyl groups excluding tert-OH is 1. The van der Waals surface area contributed by atoms with Crippen LogP contribution in [-0.4, -0.2) is 70.5 Å². The SMILES string of the molecule is Cc1nc2cc(OC[C@@H](O)CN3CCN(Cc4cc(-c5ccc(F)cc5)no4)CC3)ccc2s1. The third kappa shape index (κ3) is 5.61. The zero-order valence-electron chi connectivity index (χ0n) is 19.0. The lowest BCUT2D eigenvalue weighted by Crippen LogP contribution is -2.48. The standard InChI is InChI=1S/C25H27FN4O3S/c1-17-27-24-12-21(6-7-25(24)34-17)32-16-20(31)14-29-8-10-30(11-9-29)15-22-13-23(28-33-22)18-2-4-19(26)5-3-18/h2-7,12-13,20,31H,8-11,14-16H2,1H3/t20-/m0/s1. The van der Waals surface area contributed by atoms with Crippen molar-refractivity contribution in [1.29, 1.82) is 0 Å². The summed E-state index contributed by atoms with van der Waals surface area (Å²) in [5.74, 6) is 1.25. The van der Waals surface area contributed by atoms with Gasteiger partial charge in [-0.1, -0.05) is 5.16 Å². The Kier molecular flexibility index (Phi) is 6.87. The number of piperazine rings is 1. The highest BCUT2D eigenvalue weighted by Crippen LogP contribution is 2.25. The highest BCUT2D eigenvalue weighted by Gasteiger charge is 2.21. The number of fused-ring (bicyclic) bond motifs is 1. The van der Waals surface area contributed by atoms with Gasteiger partial charge in [0.15, 0.2) is 5.76 Å². The van der Waals surface area contributed by atoms with Gasteiger partial charge in [0, 0.05) is 50.4 Å². The molecule has 0 unspecified atom stereocenters. The maximum Gasteiger partial charge on any atom is 0.151 e. The summed E-state index contributed by atoms with van der Waals surface area (Å²) in [7, 11) is 0. The number of aromatic nitrogens is 2. The maximum atomic E-state index is 13.1. The molecule has 1 fully saturated rings. The van der Waals surface area contributed by atoms with Crippen LogP contribution >= 0.6 is 11.3 Å². The Balaban J connectivity index is 1.05. The van der Waals surface area contributed by atoms with Crippen molar-refractivity contribution < 1.29 is 18.8 Å². The predicted octanol–water partition coefficient (Wildman–Crippen LogP) is 3.96. The number of thiazole rings is 1. The van der Waals surface area contributed by atoms with Crippen molar-refractivity contribution in [3.63, 3.8) is 0 Å². The third-order valence-electron chi connectivity index (χ3n) is 5.92. The van der Waals surface area contributed by atoms with Crippen LogP contribution in [0.1, 0.15) is 10.8 Å². The first kappa shape index (κ1) is 22.9. The van der Waals surface area contributed by atoms with Gasteiger partial charge in [-0.25, -0.2) is 9.37 Å². The number of benzene rings is 2. The van der Waals surface area contributed by atoms with Gasteiger partial charge in [-0.2, -0.15) is 0 Å². The molecular formula is C25H27FN4O3S. The van der Waals surface area contributed by atoms with Crippen LogP contribution in [0, 0.1) is 12.7 Å². The van der Waals surface area contributed by atoms with Crippen LogP contribution < -0.4 is 4.74 Å². The fourth-order valence-electron chi connectivity index (χ4n) is 4.15. The molecule has 7 nitrogen and oxygen atoms in total. The number of rotatable bonds is 8. The molecule has 4 aromatic rings. The zero-order chi connectivity index (χ0) is 23.5. The zero-order valence-corrected chi connectivity index (χ0v) is 19.8. The van der Waals surface area contributed by atoms with Crippen molar-refractivity contribution in [1.82, 2.24) is 19.9 Å². The quantitative estimate of drug-likeness (QED) is 0.408. The van der Waals surface area contributed by atoms with Gasteiger partial charge in [-0.3, -0.25) is 9.80 Å². The van der Waals surface area contributed by atoms with E-state index in [-0.39, 0.29) is 12.4 Å². The van der Waals surface area contributed by atoms with Gasteiger partial charge in [0.1, 0.15) is 30.0 Å². The van der Waals surface area contributed by atoms with E-state index in [0.717, 1.165) is 58.5 Å². The summed E-state index contributed by atoms with van der Waals surface area (Å²) >= 11 is 1.66. The van der Waals surface area contributed by atoms with E-state index in [2.05, 4.69) is 19.9 Å². The molecule has 0 amide bonds. The highest BCUT2D eigenvalue weighted by molar-refractivity contribution is 7.18. The summed E-state index contributed by atoms with van der Waals surface area (Å²) in [5.41, 5.74) is 2.47. The Labute approximate surface area is 201 Å². The number of aliphatic hydroxyl groups is 1. The number of nitrogens with zero attached hydrogens (tertiary/aromatic N) is 4. The van der Waals surface area contributed by atoms with Crippen molar-refractivity contribution in [3.8, 4) is 17.0 Å². The Morgan fingerprint density at radius 2 is 1.85 bits per heavy atom. The third-order valence-corrected chi connectivity index (χ3v) is 6.87. The van der Waals surface area contributed by atoms with E-state index in [0.29, 0.717) is 18.8 Å². The van der Waals surface area contributed by atoms with Crippen molar-refractivity contribution in [2.24, 2.45) is 0 Å². The lowest BCUT2D eigenvalue weighted by Gasteiger charge is -2.35. The molecule has 1 atom stereocenters. The van der Waals surface area contributed by atoms with Crippen LogP contribution in [0.2, 0.25) is 0 Å². The highest BCUT2D eigenvalue weighted by atomic mass is 32.1. The lowest BCUT2D eigenvalue weighted by molar-refractivity contribution is 0.0430. The van der Waals surface area contributed by atoms with Crippen LogP contribution in [-0.2, 0) is 6.54 Å². The summed E-state index contributed by atoms with van der Waals surface area (Å²) in [5, 5.41) is 15.6. The number of aryl methyl sites for hydroxylation is 1. The van der Waals surface area contributed by atoms with Crippen LogP contribution in [0.15, 0.2) is 53.1 Å². The van der Waals surface area contributed by atoms with E-state index in [4.69, 9.17) is 9.26 Å². The molecule has 34 heavy (non-hydrogen) atoms. The number of ether oxygens (including phenoxy) is 1. The number of halogens is 1. The largest absolute Gasteiger partial charge is 0.491 e. The van der Waals surface area contributed by atoms with Gasteiger partial charge in [-0.05, 0) is 43.3 Å². The Hall–Kier alpha value is -2.85. The molecule has 1 aliphatic rings. The van der Waals surface area contributed by atoms with Crippen LogP contribution in [0.3, 0.4) is 0 Å². The summed E-state index contributed by atoms with van der Waals surface area (Å²) in [6.07, 6.45) is -0.563. The molecule has 0 radical (unpaired) electrons. The van der Waals surface area contributed by atoms with Crippen molar-refractivity contribution in [2.45, 2.75) is 19.6 Å². The normalized spacial score (nSPS) is 16.2. The van der Waals surface area contributed by atoms with Crippen molar-refractivity contribution in [2.75, 3.05) is 39.3 Å². The van der Waals surface area contributed by atoms with Crippen LogP contribution in [0.4, 0.5) is 4.39 Å². The van der Waals surface area contributed by atoms with E-state index in [9.17, 15) is 9.50 Å². The minimum Gasteiger partial charge on any atom is -0.491 e. The topological polar surface area (TPSA) is 74.9 Å². The predicted molar refractivity (Wildman–Crippen MR) is 129 cm³/mol. The summed E-state index contributed by atoms with van der Waals surface area (Å²) in [6, 6.07) is 14.0. The molecule has 0 saturated carbocycles. The molecular weight excluding hydrogens is 455 g/mol. The number of hydrogen-bond acceptors (Lipinski definition) is 8. The summed E-state index contributed by atoms with van der Waals surface area (Å²) < 4.78 is 25.6. The first-order valence-corrected chi connectivity index (χ1v) is 12.2. The first-order valence-electron chi connectivity index (χ1n) is 11.4. The van der Waals surface area contributed by atoms with E-state index in [1.165, 1.54) is 12.1 Å². The van der Waals surface area contributed by atoms with Crippen molar-refractivity contribution in [3.05, 3.63) is 65.1 Å². The van der Waals surface area contributed by atoms with Crippen molar-refractivity contribution >= 4 is 21.6 Å². The monoisotopic (exact) mass is 482 g/mol. The molecule has 9 heteroatoms. The molecule has 3 heterocycles. The van der Waals surface area contributed by atoms with Crippen LogP contribution in [0.5, 0.6) is 5.75 Å². The number of hydrogen-bond donors (Lipinski definition) is 1. The molecule has 5 rings (SSSR count). The minimum absolute atomic E-state index is 0.249. The Morgan fingerprint density at radius 1 is 1.09 bits per heavy atom. The smallest absolute Gasteiger partial charge is 0.151 e. The second-order valence-corrected chi connectivity index (χ2v) is 9.82. The Bertz CT molecular complexity index is 1230. The van der Waals surface area contributed by atoms with Gasteiger partial charge in [0.25, 0.3) is 0 Å². The average Bonchev–Trinajstić information content (AvgIpc) is 3.44. The molecule has 178 valence electrons. The lowest BCUT2D eigenvalue weighted by atomic mass is 10.1. The molecule has 0 bridgehead atoms. The van der Waals surface area contributed by atoms with E-state index >= 15 is 0 Å².